The number of hydrogen-bond acceptors (Lipinski definition) is 3. The van der Waals surface area contributed by atoms with Crippen LogP contribution in [0.3, 0.4) is 0 Å². The van der Waals surface area contributed by atoms with Crippen molar-refractivity contribution in [3.8, 4) is 0 Å². The van der Waals surface area contributed by atoms with Crippen molar-refractivity contribution in [2.24, 2.45) is 0 Å². The molecule has 0 atom stereocenters. The van der Waals surface area contributed by atoms with Crippen LogP contribution in [-0.2, 0) is 17.4 Å². The summed E-state index contributed by atoms with van der Waals surface area (Å²) in [6, 6.07) is 2.85. The fraction of sp³-hybridized carbons (Fsp3) is 0.200. The maximum atomic E-state index is 12.4. The normalized spacial score (nSPS) is 11.9. The third-order valence-electron chi connectivity index (χ3n) is 2.19. The Hall–Kier alpha value is -2.05. The lowest BCUT2D eigenvalue weighted by Gasteiger charge is -2.04. The summed E-state index contributed by atoms with van der Waals surface area (Å²) in [7, 11) is 0. The van der Waals surface area contributed by atoms with E-state index >= 15 is 0 Å². The van der Waals surface area contributed by atoms with Crippen LogP contribution in [0.25, 0.3) is 10.9 Å². The van der Waals surface area contributed by atoms with Crippen molar-refractivity contribution < 1.29 is 27.6 Å². The molecule has 2 rings (SSSR count). The Balaban J connectivity index is 2.48. The van der Waals surface area contributed by atoms with Gasteiger partial charge in [-0.05, 0) is 18.2 Å². The lowest BCUT2D eigenvalue weighted by molar-refractivity contribution is -0.138. The SMILES string of the molecule is O=C(O)Cc1onc2cc(C(F)(F)F)ccc12. The van der Waals surface area contributed by atoms with Gasteiger partial charge in [-0.25, -0.2) is 0 Å². The van der Waals surface area contributed by atoms with Crippen LogP contribution < -0.4 is 0 Å². The highest BCUT2D eigenvalue weighted by Crippen LogP contribution is 2.31. The number of aromatic nitrogens is 1. The van der Waals surface area contributed by atoms with Crippen LogP contribution in [0, 0.1) is 0 Å². The first-order chi connectivity index (χ1) is 7.88. The van der Waals surface area contributed by atoms with Gasteiger partial charge < -0.3 is 9.63 Å². The molecule has 90 valence electrons. The third-order valence-corrected chi connectivity index (χ3v) is 2.19. The van der Waals surface area contributed by atoms with Gasteiger partial charge in [0.05, 0.1) is 5.56 Å². The van der Waals surface area contributed by atoms with Gasteiger partial charge in [0, 0.05) is 5.39 Å². The van der Waals surface area contributed by atoms with Crippen LogP contribution in [0.5, 0.6) is 0 Å². The molecule has 0 saturated heterocycles. The van der Waals surface area contributed by atoms with Gasteiger partial charge in [-0.1, -0.05) is 5.16 Å². The molecule has 0 bridgehead atoms. The van der Waals surface area contributed by atoms with E-state index in [0.717, 1.165) is 18.2 Å². The van der Waals surface area contributed by atoms with Gasteiger partial charge >= 0.3 is 12.1 Å². The molecule has 1 aromatic carbocycles. The number of halogens is 3. The Morgan fingerprint density at radius 3 is 2.71 bits per heavy atom. The van der Waals surface area contributed by atoms with Crippen molar-refractivity contribution >= 4 is 16.9 Å². The lowest BCUT2D eigenvalue weighted by Crippen LogP contribution is -2.04. The smallest absolute Gasteiger partial charge is 0.416 e. The molecular weight excluding hydrogens is 239 g/mol. The molecule has 17 heavy (non-hydrogen) atoms. The minimum atomic E-state index is -4.46. The Bertz CT molecular complexity index is 574. The number of alkyl halides is 3. The topological polar surface area (TPSA) is 63.3 Å². The number of nitrogens with zero attached hydrogens (tertiary/aromatic N) is 1. The Morgan fingerprint density at radius 1 is 1.41 bits per heavy atom. The molecule has 0 aliphatic carbocycles. The summed E-state index contributed by atoms with van der Waals surface area (Å²) in [6.45, 7) is 0. The summed E-state index contributed by atoms with van der Waals surface area (Å²) in [6.07, 6.45) is -4.87. The molecule has 1 N–H and O–H groups in total. The predicted molar refractivity (Wildman–Crippen MR) is 50.4 cm³/mol. The first-order valence-electron chi connectivity index (χ1n) is 4.55. The van der Waals surface area contributed by atoms with Crippen LogP contribution in [0.15, 0.2) is 22.7 Å². The van der Waals surface area contributed by atoms with E-state index in [4.69, 9.17) is 9.63 Å². The van der Waals surface area contributed by atoms with Crippen LogP contribution >= 0.6 is 0 Å². The van der Waals surface area contributed by atoms with E-state index in [1.807, 2.05) is 0 Å². The lowest BCUT2D eigenvalue weighted by atomic mass is 10.1. The second-order valence-corrected chi connectivity index (χ2v) is 3.41. The summed E-state index contributed by atoms with van der Waals surface area (Å²) >= 11 is 0. The summed E-state index contributed by atoms with van der Waals surface area (Å²) in [5.41, 5.74) is -0.851. The first-order valence-corrected chi connectivity index (χ1v) is 4.55. The van der Waals surface area contributed by atoms with E-state index in [2.05, 4.69) is 5.16 Å². The Labute approximate surface area is 92.6 Å². The van der Waals surface area contributed by atoms with E-state index in [1.165, 1.54) is 0 Å². The quantitative estimate of drug-likeness (QED) is 0.882. The number of carbonyl (C=O) groups is 1. The number of aliphatic carboxylic acids is 1. The van der Waals surface area contributed by atoms with Gasteiger partial charge in [0.15, 0.2) is 5.76 Å². The highest BCUT2D eigenvalue weighted by Gasteiger charge is 2.31. The van der Waals surface area contributed by atoms with E-state index < -0.39 is 24.1 Å². The highest BCUT2D eigenvalue weighted by molar-refractivity contribution is 5.84. The molecule has 1 heterocycles. The average Bonchev–Trinajstić information content (AvgIpc) is 2.59. The fourth-order valence-electron chi connectivity index (χ4n) is 1.44. The van der Waals surface area contributed by atoms with Crippen molar-refractivity contribution in [3.05, 3.63) is 29.5 Å². The molecule has 1 aromatic heterocycles. The molecule has 4 nitrogen and oxygen atoms in total. The number of fused-ring (bicyclic) bond motifs is 1. The van der Waals surface area contributed by atoms with E-state index in [9.17, 15) is 18.0 Å². The monoisotopic (exact) mass is 245 g/mol. The maximum Gasteiger partial charge on any atom is 0.416 e. The summed E-state index contributed by atoms with van der Waals surface area (Å²) in [5.74, 6) is -1.09. The number of benzene rings is 1. The molecule has 0 amide bonds. The molecule has 2 aromatic rings. The molecule has 0 spiro atoms. The molecule has 0 saturated carbocycles. The summed E-state index contributed by atoms with van der Waals surface area (Å²) < 4.78 is 41.8. The van der Waals surface area contributed by atoms with Gasteiger partial charge in [-0.15, -0.1) is 0 Å². The van der Waals surface area contributed by atoms with Gasteiger partial charge in [-0.3, -0.25) is 4.79 Å². The zero-order valence-electron chi connectivity index (χ0n) is 8.28. The number of carboxylic acid groups (broad SMARTS) is 1. The summed E-state index contributed by atoms with van der Waals surface area (Å²) in [4.78, 5) is 10.5. The molecule has 0 radical (unpaired) electrons. The number of hydrogen-bond donors (Lipinski definition) is 1. The minimum absolute atomic E-state index is 0.00363. The standard InChI is InChI=1S/C10H6F3NO3/c11-10(12,13)5-1-2-6-7(3-5)14-17-8(6)4-9(15)16/h1-3H,4H2,(H,15,16). The largest absolute Gasteiger partial charge is 0.481 e. The van der Waals surface area contributed by atoms with Crippen molar-refractivity contribution in [2.75, 3.05) is 0 Å². The van der Waals surface area contributed by atoms with Crippen LogP contribution in [0.4, 0.5) is 13.2 Å². The van der Waals surface area contributed by atoms with Gasteiger partial charge in [0.1, 0.15) is 11.9 Å². The number of rotatable bonds is 2. The van der Waals surface area contributed by atoms with Gasteiger partial charge in [0.25, 0.3) is 0 Å². The molecule has 0 unspecified atom stereocenters. The van der Waals surface area contributed by atoms with Crippen molar-refractivity contribution in [3.63, 3.8) is 0 Å². The molecule has 7 heteroatoms. The fourth-order valence-corrected chi connectivity index (χ4v) is 1.44. The van der Waals surface area contributed by atoms with Crippen molar-refractivity contribution in [1.29, 1.82) is 0 Å². The van der Waals surface area contributed by atoms with E-state index in [-0.39, 0.29) is 16.7 Å². The second-order valence-electron chi connectivity index (χ2n) is 3.41. The van der Waals surface area contributed by atoms with E-state index in [0.29, 0.717) is 0 Å². The maximum absolute atomic E-state index is 12.4. The van der Waals surface area contributed by atoms with Gasteiger partial charge in [-0.2, -0.15) is 13.2 Å². The minimum Gasteiger partial charge on any atom is -0.481 e. The highest BCUT2D eigenvalue weighted by atomic mass is 19.4. The van der Waals surface area contributed by atoms with Crippen LogP contribution in [-0.4, -0.2) is 16.2 Å². The van der Waals surface area contributed by atoms with Crippen LogP contribution in [0.1, 0.15) is 11.3 Å². The molecule has 0 aliphatic heterocycles. The van der Waals surface area contributed by atoms with Gasteiger partial charge in [0.2, 0.25) is 0 Å². The number of carboxylic acids is 1. The average molecular weight is 245 g/mol. The first kappa shape index (κ1) is 11.4. The second kappa shape index (κ2) is 3.76. The van der Waals surface area contributed by atoms with Crippen molar-refractivity contribution in [1.82, 2.24) is 5.16 Å². The molecule has 0 fully saturated rings. The zero-order valence-corrected chi connectivity index (χ0v) is 8.28. The van der Waals surface area contributed by atoms with E-state index in [1.54, 1.807) is 0 Å². The predicted octanol–water partition coefficient (Wildman–Crippen LogP) is 2.47. The molecular formula is C10H6F3NO3. The third kappa shape index (κ3) is 2.22. The summed E-state index contributed by atoms with van der Waals surface area (Å²) in [5, 5.41) is 12.2. The Morgan fingerprint density at radius 2 is 2.12 bits per heavy atom. The molecule has 0 aliphatic rings. The van der Waals surface area contributed by atoms with Crippen molar-refractivity contribution in [2.45, 2.75) is 12.6 Å². The van der Waals surface area contributed by atoms with Crippen LogP contribution in [0.2, 0.25) is 0 Å². The Kier molecular flexibility index (Phi) is 2.53. The zero-order chi connectivity index (χ0) is 12.6.